The van der Waals surface area contributed by atoms with Crippen molar-refractivity contribution < 1.29 is 4.79 Å². The fourth-order valence-corrected chi connectivity index (χ4v) is 3.48. The molecule has 0 saturated carbocycles. The van der Waals surface area contributed by atoms with Crippen LogP contribution >= 0.6 is 15.9 Å². The predicted octanol–water partition coefficient (Wildman–Crippen LogP) is 3.17. The molecule has 2 aromatic rings. The summed E-state index contributed by atoms with van der Waals surface area (Å²) < 4.78 is 2.69. The quantitative estimate of drug-likeness (QED) is 0.785. The van der Waals surface area contributed by atoms with E-state index in [4.69, 9.17) is 0 Å². The van der Waals surface area contributed by atoms with Gasteiger partial charge in [0.2, 0.25) is 5.91 Å². The minimum absolute atomic E-state index is 0.144. The fraction of sp³-hybridized carbons (Fsp3) is 0.474. The lowest BCUT2D eigenvalue weighted by atomic mass is 10.1. The number of aryl methyl sites for hydroxylation is 2. The molecule has 2 heterocycles. The van der Waals surface area contributed by atoms with E-state index >= 15 is 0 Å². The Bertz CT molecular complexity index is 730. The van der Waals surface area contributed by atoms with Gasteiger partial charge in [0.1, 0.15) is 6.04 Å². The molecule has 1 saturated heterocycles. The molecular formula is C19H25BrN4O. The first-order valence-corrected chi connectivity index (χ1v) is 9.52. The standard InChI is InChI=1S/C19H25BrN4O/c1-14-6-4-5-7-17(14)12-22-8-10-23(11-9-22)19(25)16(3)24-13-18(20)15(2)21-24/h4-7,13,16H,8-12H2,1-3H3. The summed E-state index contributed by atoms with van der Waals surface area (Å²) in [4.78, 5) is 17.2. The van der Waals surface area contributed by atoms with Crippen molar-refractivity contribution in [1.82, 2.24) is 19.6 Å². The number of carbonyl (C=O) groups excluding carboxylic acids is 1. The summed E-state index contributed by atoms with van der Waals surface area (Å²) >= 11 is 3.46. The Morgan fingerprint density at radius 1 is 1.20 bits per heavy atom. The maximum Gasteiger partial charge on any atom is 0.247 e. The summed E-state index contributed by atoms with van der Waals surface area (Å²) in [6.45, 7) is 10.3. The average molecular weight is 405 g/mol. The zero-order chi connectivity index (χ0) is 18.0. The molecule has 0 spiro atoms. The monoisotopic (exact) mass is 404 g/mol. The van der Waals surface area contributed by atoms with Crippen LogP contribution in [0, 0.1) is 13.8 Å². The highest BCUT2D eigenvalue weighted by Crippen LogP contribution is 2.19. The lowest BCUT2D eigenvalue weighted by Crippen LogP contribution is -2.50. The second kappa shape index (κ2) is 7.70. The minimum atomic E-state index is -0.270. The Labute approximate surface area is 157 Å². The molecule has 1 fully saturated rings. The first-order chi connectivity index (χ1) is 12.0. The van der Waals surface area contributed by atoms with Gasteiger partial charge in [-0.05, 0) is 47.8 Å². The van der Waals surface area contributed by atoms with Crippen LogP contribution in [0.1, 0.15) is 29.8 Å². The first kappa shape index (κ1) is 18.1. The molecule has 3 rings (SSSR count). The summed E-state index contributed by atoms with van der Waals surface area (Å²) in [7, 11) is 0. The van der Waals surface area contributed by atoms with Crippen LogP contribution in [0.4, 0.5) is 0 Å². The van der Waals surface area contributed by atoms with Crippen LogP contribution in [0.3, 0.4) is 0 Å². The largest absolute Gasteiger partial charge is 0.338 e. The number of hydrogen-bond donors (Lipinski definition) is 0. The van der Waals surface area contributed by atoms with Crippen LogP contribution in [0.25, 0.3) is 0 Å². The first-order valence-electron chi connectivity index (χ1n) is 8.72. The molecule has 1 amide bonds. The number of benzene rings is 1. The molecule has 1 aromatic heterocycles. The van der Waals surface area contributed by atoms with Crippen molar-refractivity contribution >= 4 is 21.8 Å². The number of aromatic nitrogens is 2. The average Bonchev–Trinajstić information content (AvgIpc) is 2.95. The molecule has 1 aromatic carbocycles. The third-order valence-corrected chi connectivity index (χ3v) is 5.73. The lowest BCUT2D eigenvalue weighted by molar-refractivity contribution is -0.136. The van der Waals surface area contributed by atoms with Gasteiger partial charge in [-0.25, -0.2) is 0 Å². The van der Waals surface area contributed by atoms with Crippen LogP contribution in [0.2, 0.25) is 0 Å². The highest BCUT2D eigenvalue weighted by atomic mass is 79.9. The summed E-state index contributed by atoms with van der Waals surface area (Å²) in [5.41, 5.74) is 3.60. The molecule has 0 bridgehead atoms. The van der Waals surface area contributed by atoms with E-state index < -0.39 is 0 Å². The van der Waals surface area contributed by atoms with Crippen LogP contribution in [0.5, 0.6) is 0 Å². The molecule has 0 aliphatic carbocycles. The van der Waals surface area contributed by atoms with Crippen LogP contribution in [-0.2, 0) is 11.3 Å². The van der Waals surface area contributed by atoms with Gasteiger partial charge in [0.05, 0.1) is 10.2 Å². The van der Waals surface area contributed by atoms with Crippen molar-refractivity contribution in [3.63, 3.8) is 0 Å². The minimum Gasteiger partial charge on any atom is -0.338 e. The number of amides is 1. The van der Waals surface area contributed by atoms with E-state index in [9.17, 15) is 4.79 Å². The van der Waals surface area contributed by atoms with Crippen molar-refractivity contribution in [3.8, 4) is 0 Å². The number of carbonyl (C=O) groups is 1. The normalized spacial score (nSPS) is 16.9. The fourth-order valence-electron chi connectivity index (χ4n) is 3.19. The van der Waals surface area contributed by atoms with E-state index in [1.807, 2.05) is 24.9 Å². The van der Waals surface area contributed by atoms with Crippen molar-refractivity contribution in [1.29, 1.82) is 0 Å². The van der Waals surface area contributed by atoms with E-state index in [1.54, 1.807) is 4.68 Å². The maximum absolute atomic E-state index is 12.8. The zero-order valence-corrected chi connectivity index (χ0v) is 16.7. The molecule has 1 unspecified atom stereocenters. The van der Waals surface area contributed by atoms with Gasteiger partial charge in [0.25, 0.3) is 0 Å². The number of nitrogens with zero attached hydrogens (tertiary/aromatic N) is 4. The van der Waals surface area contributed by atoms with Gasteiger partial charge in [-0.3, -0.25) is 14.4 Å². The van der Waals surface area contributed by atoms with E-state index in [-0.39, 0.29) is 11.9 Å². The molecular weight excluding hydrogens is 380 g/mol. The molecule has 134 valence electrons. The van der Waals surface area contributed by atoms with E-state index in [0.717, 1.165) is 42.9 Å². The Morgan fingerprint density at radius 2 is 1.88 bits per heavy atom. The van der Waals surface area contributed by atoms with Gasteiger partial charge in [-0.2, -0.15) is 5.10 Å². The number of hydrogen-bond acceptors (Lipinski definition) is 3. The second-order valence-electron chi connectivity index (χ2n) is 6.75. The molecule has 1 atom stereocenters. The van der Waals surface area contributed by atoms with Gasteiger partial charge in [-0.15, -0.1) is 0 Å². The smallest absolute Gasteiger partial charge is 0.247 e. The number of piperazine rings is 1. The zero-order valence-electron chi connectivity index (χ0n) is 15.1. The van der Waals surface area contributed by atoms with Crippen LogP contribution < -0.4 is 0 Å². The summed E-state index contributed by atoms with van der Waals surface area (Å²) in [6.07, 6.45) is 1.88. The molecule has 25 heavy (non-hydrogen) atoms. The summed E-state index contributed by atoms with van der Waals surface area (Å²) in [6, 6.07) is 8.24. The van der Waals surface area contributed by atoms with Crippen LogP contribution in [0.15, 0.2) is 34.9 Å². The Morgan fingerprint density at radius 3 is 2.48 bits per heavy atom. The van der Waals surface area contributed by atoms with Crippen LogP contribution in [-0.4, -0.2) is 51.7 Å². The molecule has 1 aliphatic rings. The Balaban J connectivity index is 1.56. The van der Waals surface area contributed by atoms with Crippen molar-refractivity contribution in [3.05, 3.63) is 51.8 Å². The predicted molar refractivity (Wildman–Crippen MR) is 102 cm³/mol. The van der Waals surface area contributed by atoms with Gasteiger partial charge < -0.3 is 4.90 Å². The molecule has 1 aliphatic heterocycles. The van der Waals surface area contributed by atoms with Gasteiger partial charge in [-0.1, -0.05) is 24.3 Å². The Hall–Kier alpha value is -1.66. The van der Waals surface area contributed by atoms with Gasteiger partial charge >= 0.3 is 0 Å². The van der Waals surface area contributed by atoms with Crippen molar-refractivity contribution in [2.75, 3.05) is 26.2 Å². The van der Waals surface area contributed by atoms with Gasteiger partial charge in [0.15, 0.2) is 0 Å². The second-order valence-corrected chi connectivity index (χ2v) is 7.60. The summed E-state index contributed by atoms with van der Waals surface area (Å²) in [5.74, 6) is 0.144. The van der Waals surface area contributed by atoms with E-state index in [1.165, 1.54) is 11.1 Å². The topological polar surface area (TPSA) is 41.4 Å². The third-order valence-electron chi connectivity index (χ3n) is 4.95. The van der Waals surface area contributed by atoms with E-state index in [2.05, 4.69) is 57.1 Å². The lowest BCUT2D eigenvalue weighted by Gasteiger charge is -2.36. The van der Waals surface area contributed by atoms with Crippen molar-refractivity contribution in [2.45, 2.75) is 33.4 Å². The third kappa shape index (κ3) is 4.12. The molecule has 0 N–H and O–H groups in total. The molecule has 0 radical (unpaired) electrons. The molecule has 6 heteroatoms. The van der Waals surface area contributed by atoms with E-state index in [0.29, 0.717) is 0 Å². The summed E-state index contributed by atoms with van der Waals surface area (Å²) in [5, 5.41) is 4.42. The van der Waals surface area contributed by atoms with Gasteiger partial charge in [0, 0.05) is 38.9 Å². The maximum atomic E-state index is 12.8. The SMILES string of the molecule is Cc1ccccc1CN1CCN(C(=O)C(C)n2cc(Br)c(C)n2)CC1. The molecule has 5 nitrogen and oxygen atoms in total. The highest BCUT2D eigenvalue weighted by molar-refractivity contribution is 9.10. The van der Waals surface area contributed by atoms with Crippen molar-refractivity contribution in [2.24, 2.45) is 0 Å². The Kier molecular flexibility index (Phi) is 5.59. The number of rotatable bonds is 4. The number of halogens is 1. The highest BCUT2D eigenvalue weighted by Gasteiger charge is 2.26.